The summed E-state index contributed by atoms with van der Waals surface area (Å²) in [6.07, 6.45) is 0.861. The van der Waals surface area contributed by atoms with Gasteiger partial charge in [-0.05, 0) is 68.1 Å². The Morgan fingerprint density at radius 2 is 1.69 bits per heavy atom. The molecule has 0 aliphatic carbocycles. The van der Waals surface area contributed by atoms with Gasteiger partial charge in [0, 0.05) is 12.2 Å². The maximum atomic E-state index is 13.7. The molecule has 0 bridgehead atoms. The largest absolute Gasteiger partial charge is 0.311 e. The number of hydrogen-bond acceptors (Lipinski definition) is 5. The maximum absolute atomic E-state index is 13.7. The molecule has 0 spiro atoms. The molecule has 3 heterocycles. The Morgan fingerprint density at radius 1 is 0.944 bits per heavy atom. The summed E-state index contributed by atoms with van der Waals surface area (Å²) >= 11 is 1.36. The zero-order chi connectivity index (χ0) is 25.0. The molecule has 1 aliphatic rings. The van der Waals surface area contributed by atoms with Crippen LogP contribution in [0, 0.1) is 13.8 Å². The smallest absolute Gasteiger partial charge is 0.267 e. The molecule has 3 aromatic carbocycles. The lowest BCUT2D eigenvalue weighted by molar-refractivity contribution is -0.117. The normalized spacial score (nSPS) is 13.9. The Morgan fingerprint density at radius 3 is 2.56 bits per heavy atom. The minimum absolute atomic E-state index is 0.0360. The van der Waals surface area contributed by atoms with Gasteiger partial charge in [-0.3, -0.25) is 14.0 Å². The first-order chi connectivity index (χ1) is 17.5. The van der Waals surface area contributed by atoms with Gasteiger partial charge in [0.2, 0.25) is 11.7 Å². The molecule has 1 unspecified atom stereocenters. The van der Waals surface area contributed by atoms with Crippen LogP contribution in [0.4, 0.5) is 5.69 Å². The molecule has 1 amide bonds. The number of amides is 1. The van der Waals surface area contributed by atoms with Crippen molar-refractivity contribution in [3.05, 3.63) is 93.8 Å². The number of carbonyl (C=O) groups excluding carboxylic acids is 1. The van der Waals surface area contributed by atoms with Crippen LogP contribution in [0.1, 0.15) is 23.6 Å². The molecule has 6 rings (SSSR count). The summed E-state index contributed by atoms with van der Waals surface area (Å²) in [5, 5.41) is 9.68. The van der Waals surface area contributed by atoms with E-state index in [0.717, 1.165) is 34.4 Å². The molecule has 180 valence electrons. The summed E-state index contributed by atoms with van der Waals surface area (Å²) in [6.45, 7) is 6.61. The molecule has 1 aliphatic heterocycles. The lowest BCUT2D eigenvalue weighted by Gasteiger charge is -2.21. The minimum Gasteiger partial charge on any atom is -0.311 e. The first kappa shape index (κ1) is 22.5. The Bertz CT molecular complexity index is 1720. The van der Waals surface area contributed by atoms with Crippen LogP contribution in [0.15, 0.2) is 76.7 Å². The van der Waals surface area contributed by atoms with E-state index in [4.69, 9.17) is 0 Å². The van der Waals surface area contributed by atoms with Crippen molar-refractivity contribution in [3.63, 3.8) is 0 Å². The summed E-state index contributed by atoms with van der Waals surface area (Å²) in [5.74, 6) is 0.468. The Hall–Kier alpha value is -3.91. The van der Waals surface area contributed by atoms with Gasteiger partial charge in [0.15, 0.2) is 5.16 Å². The van der Waals surface area contributed by atoms with Crippen LogP contribution in [-0.4, -0.2) is 36.9 Å². The van der Waals surface area contributed by atoms with Gasteiger partial charge in [-0.25, -0.2) is 4.57 Å². The molecule has 0 saturated carbocycles. The third kappa shape index (κ3) is 3.44. The predicted octanol–water partition coefficient (Wildman–Crippen LogP) is 4.72. The number of hydrogen-bond donors (Lipinski definition) is 0. The van der Waals surface area contributed by atoms with E-state index in [0.29, 0.717) is 22.9 Å². The fourth-order valence-electron chi connectivity index (χ4n) is 4.95. The van der Waals surface area contributed by atoms with Crippen LogP contribution >= 0.6 is 11.8 Å². The third-order valence-electron chi connectivity index (χ3n) is 6.99. The Balaban J connectivity index is 1.47. The Labute approximate surface area is 212 Å². The van der Waals surface area contributed by atoms with Gasteiger partial charge in [0.25, 0.3) is 5.56 Å². The average Bonchev–Trinajstić information content (AvgIpc) is 3.51. The van der Waals surface area contributed by atoms with Crippen LogP contribution < -0.4 is 10.5 Å². The van der Waals surface area contributed by atoms with Crippen molar-refractivity contribution in [1.29, 1.82) is 0 Å². The van der Waals surface area contributed by atoms with Crippen molar-refractivity contribution >= 4 is 40.0 Å². The van der Waals surface area contributed by atoms with Gasteiger partial charge in [-0.2, -0.15) is 0 Å². The van der Waals surface area contributed by atoms with E-state index < -0.39 is 0 Å². The van der Waals surface area contributed by atoms with Crippen LogP contribution in [0.25, 0.3) is 22.4 Å². The molecule has 0 saturated heterocycles. The Kier molecular flexibility index (Phi) is 5.41. The molecular weight excluding hydrogens is 470 g/mol. The topological polar surface area (TPSA) is 72.5 Å². The van der Waals surface area contributed by atoms with Gasteiger partial charge in [-0.1, -0.05) is 54.2 Å². The fraction of sp³-hybridized carbons (Fsp3) is 0.214. The second kappa shape index (κ2) is 8.64. The van der Waals surface area contributed by atoms with Gasteiger partial charge in [0.05, 0.1) is 21.8 Å². The SMILES string of the molecule is Cc1cccc(-n2c(=O)c3ccccc3n3c(SC(C)C(=O)N4CCc5ccccc54)nnc23)c1C. The van der Waals surface area contributed by atoms with Crippen LogP contribution in [0.3, 0.4) is 0 Å². The van der Waals surface area contributed by atoms with E-state index >= 15 is 0 Å². The van der Waals surface area contributed by atoms with E-state index in [1.807, 2.05) is 90.7 Å². The number of nitrogens with zero attached hydrogens (tertiary/aromatic N) is 5. The van der Waals surface area contributed by atoms with E-state index in [-0.39, 0.29) is 16.7 Å². The highest BCUT2D eigenvalue weighted by atomic mass is 32.2. The van der Waals surface area contributed by atoms with Crippen molar-refractivity contribution in [2.45, 2.75) is 37.6 Å². The second-order valence-corrected chi connectivity index (χ2v) is 10.4. The highest BCUT2D eigenvalue weighted by molar-refractivity contribution is 8.00. The molecule has 2 aromatic heterocycles. The zero-order valence-corrected chi connectivity index (χ0v) is 21.1. The molecule has 0 N–H and O–H groups in total. The van der Waals surface area contributed by atoms with E-state index in [1.54, 1.807) is 4.57 Å². The lowest BCUT2D eigenvalue weighted by Crippen LogP contribution is -2.35. The number of aromatic nitrogens is 4. The van der Waals surface area contributed by atoms with Gasteiger partial charge in [-0.15, -0.1) is 10.2 Å². The molecule has 1 atom stereocenters. The predicted molar refractivity (Wildman–Crippen MR) is 143 cm³/mol. The molecule has 0 fully saturated rings. The van der Waals surface area contributed by atoms with E-state index in [9.17, 15) is 9.59 Å². The van der Waals surface area contributed by atoms with Crippen molar-refractivity contribution in [1.82, 2.24) is 19.2 Å². The number of fused-ring (bicyclic) bond motifs is 4. The number of anilines is 1. The van der Waals surface area contributed by atoms with Gasteiger partial charge < -0.3 is 4.90 Å². The number of para-hydroxylation sites is 2. The molecule has 8 heteroatoms. The third-order valence-corrected chi connectivity index (χ3v) is 8.03. The van der Waals surface area contributed by atoms with Crippen molar-refractivity contribution < 1.29 is 4.79 Å². The molecule has 0 radical (unpaired) electrons. The summed E-state index contributed by atoms with van der Waals surface area (Å²) in [6, 6.07) is 21.4. The second-order valence-electron chi connectivity index (χ2n) is 9.12. The zero-order valence-electron chi connectivity index (χ0n) is 20.3. The number of aryl methyl sites for hydroxylation is 1. The number of rotatable bonds is 4. The maximum Gasteiger partial charge on any atom is 0.267 e. The minimum atomic E-state index is -0.386. The standard InChI is InChI=1S/C28H25N5O2S/c1-17-9-8-14-22(18(17)2)32-26(35)21-11-5-7-13-24(21)33-27(32)29-30-28(33)36-19(3)25(34)31-16-15-20-10-4-6-12-23(20)31/h4-14,19H,15-16H2,1-3H3. The highest BCUT2D eigenvalue weighted by Crippen LogP contribution is 2.32. The summed E-state index contributed by atoms with van der Waals surface area (Å²) in [5.41, 5.74) is 5.62. The first-order valence-corrected chi connectivity index (χ1v) is 12.8. The summed E-state index contributed by atoms with van der Waals surface area (Å²) in [7, 11) is 0. The van der Waals surface area contributed by atoms with Gasteiger partial charge in [0.1, 0.15) is 0 Å². The summed E-state index contributed by atoms with van der Waals surface area (Å²) < 4.78 is 3.52. The molecule has 5 aromatic rings. The quantitative estimate of drug-likeness (QED) is 0.338. The van der Waals surface area contributed by atoms with Crippen LogP contribution in [-0.2, 0) is 11.2 Å². The van der Waals surface area contributed by atoms with E-state index in [2.05, 4.69) is 16.3 Å². The number of benzene rings is 3. The monoisotopic (exact) mass is 495 g/mol. The molecular formula is C28H25N5O2S. The van der Waals surface area contributed by atoms with Crippen molar-refractivity contribution in [2.75, 3.05) is 11.4 Å². The lowest BCUT2D eigenvalue weighted by atomic mass is 10.1. The van der Waals surface area contributed by atoms with Gasteiger partial charge >= 0.3 is 0 Å². The number of carbonyl (C=O) groups is 1. The first-order valence-electron chi connectivity index (χ1n) is 12.0. The number of thioether (sulfide) groups is 1. The van der Waals surface area contributed by atoms with E-state index in [1.165, 1.54) is 17.3 Å². The van der Waals surface area contributed by atoms with Crippen LogP contribution in [0.2, 0.25) is 0 Å². The highest BCUT2D eigenvalue weighted by Gasteiger charge is 2.30. The van der Waals surface area contributed by atoms with Crippen molar-refractivity contribution in [2.24, 2.45) is 0 Å². The fourth-order valence-corrected chi connectivity index (χ4v) is 5.86. The molecule has 36 heavy (non-hydrogen) atoms. The average molecular weight is 496 g/mol. The van der Waals surface area contributed by atoms with Crippen molar-refractivity contribution in [3.8, 4) is 5.69 Å². The molecule has 7 nitrogen and oxygen atoms in total. The summed E-state index contributed by atoms with van der Waals surface area (Å²) in [4.78, 5) is 29.0. The van der Waals surface area contributed by atoms with Crippen LogP contribution in [0.5, 0.6) is 0 Å².